The Balaban J connectivity index is 1.69. The molecular weight excluding hydrogens is 438 g/mol. The molecule has 4 rings (SSSR count). The summed E-state index contributed by atoms with van der Waals surface area (Å²) in [5.74, 6) is 2.07. The molecule has 1 aromatic heterocycles. The number of anilines is 1. The number of amides is 1. The van der Waals surface area contributed by atoms with Gasteiger partial charge in [0.15, 0.2) is 11.5 Å². The summed E-state index contributed by atoms with van der Waals surface area (Å²) in [6, 6.07) is 17.6. The van der Waals surface area contributed by atoms with E-state index in [0.717, 1.165) is 0 Å². The van der Waals surface area contributed by atoms with Gasteiger partial charge in [-0.2, -0.15) is 4.98 Å². The molecule has 0 atom stereocenters. The van der Waals surface area contributed by atoms with E-state index in [2.05, 4.69) is 15.5 Å². The molecule has 174 valence electrons. The van der Waals surface area contributed by atoms with Crippen LogP contribution in [0.4, 0.5) is 5.69 Å². The first-order valence-electron chi connectivity index (χ1n) is 10.3. The Hall–Kier alpha value is -4.53. The van der Waals surface area contributed by atoms with Crippen LogP contribution < -0.4 is 24.3 Å². The van der Waals surface area contributed by atoms with Crippen LogP contribution in [0.3, 0.4) is 0 Å². The second-order valence-electron chi connectivity index (χ2n) is 7.04. The normalized spacial score (nSPS) is 10.5. The zero-order chi connectivity index (χ0) is 24.1. The van der Waals surface area contributed by atoms with Crippen LogP contribution in [0.1, 0.15) is 10.4 Å². The van der Waals surface area contributed by atoms with E-state index >= 15 is 0 Å². The Bertz CT molecular complexity index is 1290. The van der Waals surface area contributed by atoms with Crippen molar-refractivity contribution in [3.63, 3.8) is 0 Å². The van der Waals surface area contributed by atoms with E-state index in [9.17, 15) is 4.79 Å². The van der Waals surface area contributed by atoms with Gasteiger partial charge in [0.1, 0.15) is 5.75 Å². The molecule has 0 saturated carbocycles. The average Bonchev–Trinajstić information content (AvgIpc) is 3.38. The van der Waals surface area contributed by atoms with Crippen LogP contribution in [0.2, 0.25) is 0 Å². The Labute approximate surface area is 196 Å². The number of carbonyl (C=O) groups is 1. The number of hydrogen-bond donors (Lipinski definition) is 1. The van der Waals surface area contributed by atoms with E-state index in [1.54, 1.807) is 55.6 Å². The monoisotopic (exact) mass is 461 g/mol. The number of ether oxygens (including phenoxy) is 4. The summed E-state index contributed by atoms with van der Waals surface area (Å²) in [4.78, 5) is 17.6. The van der Waals surface area contributed by atoms with E-state index in [0.29, 0.717) is 51.2 Å². The molecule has 3 aromatic carbocycles. The zero-order valence-electron chi connectivity index (χ0n) is 19.1. The molecule has 1 amide bonds. The Morgan fingerprint density at radius 2 is 1.47 bits per heavy atom. The van der Waals surface area contributed by atoms with Gasteiger partial charge < -0.3 is 28.8 Å². The van der Waals surface area contributed by atoms with Gasteiger partial charge in [0.2, 0.25) is 11.6 Å². The minimum absolute atomic E-state index is 0.189. The van der Waals surface area contributed by atoms with Gasteiger partial charge in [0.05, 0.1) is 45.3 Å². The van der Waals surface area contributed by atoms with Crippen LogP contribution in [0.25, 0.3) is 22.8 Å². The van der Waals surface area contributed by atoms with Gasteiger partial charge in [0.25, 0.3) is 11.8 Å². The van der Waals surface area contributed by atoms with Crippen molar-refractivity contribution in [2.24, 2.45) is 0 Å². The number of nitrogens with zero attached hydrogens (tertiary/aromatic N) is 2. The highest BCUT2D eigenvalue weighted by molar-refractivity contribution is 6.08. The van der Waals surface area contributed by atoms with Crippen molar-refractivity contribution >= 4 is 11.6 Å². The van der Waals surface area contributed by atoms with Crippen LogP contribution >= 0.6 is 0 Å². The van der Waals surface area contributed by atoms with Crippen molar-refractivity contribution in [2.75, 3.05) is 33.8 Å². The van der Waals surface area contributed by atoms with Crippen molar-refractivity contribution in [2.45, 2.75) is 0 Å². The van der Waals surface area contributed by atoms with E-state index < -0.39 is 0 Å². The number of benzene rings is 3. The van der Waals surface area contributed by atoms with Crippen LogP contribution in [0.15, 0.2) is 65.2 Å². The van der Waals surface area contributed by atoms with E-state index in [1.165, 1.54) is 21.3 Å². The fourth-order valence-corrected chi connectivity index (χ4v) is 3.47. The molecule has 9 nitrogen and oxygen atoms in total. The van der Waals surface area contributed by atoms with Gasteiger partial charge in [0, 0.05) is 5.56 Å². The largest absolute Gasteiger partial charge is 0.495 e. The van der Waals surface area contributed by atoms with E-state index in [-0.39, 0.29) is 11.8 Å². The Morgan fingerprint density at radius 3 is 2.15 bits per heavy atom. The van der Waals surface area contributed by atoms with E-state index in [1.807, 2.05) is 12.1 Å². The number of para-hydroxylation sites is 2. The highest BCUT2D eigenvalue weighted by Gasteiger charge is 2.21. The molecule has 0 spiro atoms. The first kappa shape index (κ1) is 22.7. The molecule has 0 aliphatic carbocycles. The highest BCUT2D eigenvalue weighted by atomic mass is 16.5. The maximum Gasteiger partial charge on any atom is 0.259 e. The third-order valence-corrected chi connectivity index (χ3v) is 5.11. The molecule has 0 aliphatic rings. The SMILES string of the molecule is COc1ccccc1NC(=O)c1ccccc1-c1nc(-c2cc(OC)c(OC)c(OC)c2)no1. The third-order valence-electron chi connectivity index (χ3n) is 5.11. The second-order valence-corrected chi connectivity index (χ2v) is 7.04. The Kier molecular flexibility index (Phi) is 6.63. The number of nitrogens with one attached hydrogen (secondary N) is 1. The quantitative estimate of drug-likeness (QED) is 0.403. The Morgan fingerprint density at radius 1 is 0.824 bits per heavy atom. The van der Waals surface area contributed by atoms with Gasteiger partial charge in [-0.15, -0.1) is 0 Å². The van der Waals surface area contributed by atoms with Crippen molar-refractivity contribution in [3.8, 4) is 45.8 Å². The van der Waals surface area contributed by atoms with Crippen molar-refractivity contribution in [1.82, 2.24) is 10.1 Å². The summed E-state index contributed by atoms with van der Waals surface area (Å²) in [5.41, 5.74) is 2.00. The average molecular weight is 461 g/mol. The first-order valence-corrected chi connectivity index (χ1v) is 10.3. The molecular formula is C25H23N3O6. The van der Waals surface area contributed by atoms with Crippen LogP contribution in [0.5, 0.6) is 23.0 Å². The lowest BCUT2D eigenvalue weighted by Crippen LogP contribution is -2.13. The smallest absolute Gasteiger partial charge is 0.259 e. The van der Waals surface area contributed by atoms with E-state index in [4.69, 9.17) is 23.5 Å². The topological polar surface area (TPSA) is 105 Å². The fourth-order valence-electron chi connectivity index (χ4n) is 3.47. The minimum atomic E-state index is -0.340. The molecule has 34 heavy (non-hydrogen) atoms. The summed E-state index contributed by atoms with van der Waals surface area (Å²) in [5, 5.41) is 6.96. The molecule has 4 aromatic rings. The molecule has 0 aliphatic heterocycles. The maximum absolute atomic E-state index is 13.1. The van der Waals surface area contributed by atoms with Crippen LogP contribution in [0, 0.1) is 0 Å². The lowest BCUT2D eigenvalue weighted by Gasteiger charge is -2.12. The number of rotatable bonds is 8. The van der Waals surface area contributed by atoms with Crippen LogP contribution in [-0.2, 0) is 0 Å². The molecule has 0 saturated heterocycles. The summed E-state index contributed by atoms with van der Waals surface area (Å²) in [7, 11) is 6.13. The molecule has 9 heteroatoms. The number of carbonyl (C=O) groups excluding carboxylic acids is 1. The molecule has 0 radical (unpaired) electrons. The van der Waals surface area contributed by atoms with Gasteiger partial charge in [-0.25, -0.2) is 0 Å². The summed E-state index contributed by atoms with van der Waals surface area (Å²) in [6.07, 6.45) is 0. The predicted molar refractivity (Wildman–Crippen MR) is 126 cm³/mol. The third kappa shape index (κ3) is 4.36. The zero-order valence-corrected chi connectivity index (χ0v) is 19.1. The van der Waals surface area contributed by atoms with Crippen LogP contribution in [-0.4, -0.2) is 44.5 Å². The summed E-state index contributed by atoms with van der Waals surface area (Å²) in [6.45, 7) is 0. The molecule has 1 heterocycles. The highest BCUT2D eigenvalue weighted by Crippen LogP contribution is 2.41. The molecule has 0 bridgehead atoms. The van der Waals surface area contributed by atoms with Crippen molar-refractivity contribution in [3.05, 3.63) is 66.2 Å². The predicted octanol–water partition coefficient (Wildman–Crippen LogP) is 4.69. The standard InChI is InChI=1S/C25H23N3O6/c1-30-19-12-8-7-11-18(19)26-24(29)16-9-5-6-10-17(16)25-27-23(28-34-25)15-13-20(31-2)22(33-4)21(14-15)32-3/h5-14H,1-4H3,(H,26,29). The minimum Gasteiger partial charge on any atom is -0.495 e. The first-order chi connectivity index (χ1) is 16.6. The fraction of sp³-hybridized carbons (Fsp3) is 0.160. The summed E-state index contributed by atoms with van der Waals surface area (Å²) >= 11 is 0. The summed E-state index contributed by atoms with van der Waals surface area (Å²) < 4.78 is 27.0. The second kappa shape index (κ2) is 9.95. The van der Waals surface area contributed by atoms with Crippen molar-refractivity contribution in [1.29, 1.82) is 0 Å². The molecule has 0 fully saturated rings. The maximum atomic E-state index is 13.1. The number of methoxy groups -OCH3 is 4. The number of aromatic nitrogens is 2. The molecule has 1 N–H and O–H groups in total. The molecule has 0 unspecified atom stereocenters. The lowest BCUT2D eigenvalue weighted by atomic mass is 10.1. The van der Waals surface area contributed by atoms with Gasteiger partial charge in [-0.3, -0.25) is 4.79 Å². The lowest BCUT2D eigenvalue weighted by molar-refractivity contribution is 0.102. The van der Waals surface area contributed by atoms with Crippen molar-refractivity contribution < 1.29 is 28.3 Å². The van der Waals surface area contributed by atoms with Gasteiger partial charge >= 0.3 is 0 Å². The van der Waals surface area contributed by atoms with Gasteiger partial charge in [-0.05, 0) is 36.4 Å². The van der Waals surface area contributed by atoms with Gasteiger partial charge in [-0.1, -0.05) is 29.4 Å². The number of hydrogen-bond acceptors (Lipinski definition) is 8.